The summed E-state index contributed by atoms with van der Waals surface area (Å²) in [7, 11) is 0. The second-order valence-electron chi connectivity index (χ2n) is 4.74. The van der Waals surface area contributed by atoms with Gasteiger partial charge in [-0.25, -0.2) is 0 Å². The van der Waals surface area contributed by atoms with E-state index in [2.05, 4.69) is 5.32 Å². The third-order valence-corrected chi connectivity index (χ3v) is 3.34. The highest BCUT2D eigenvalue weighted by Gasteiger charge is 2.45. The van der Waals surface area contributed by atoms with Crippen molar-refractivity contribution in [3.63, 3.8) is 0 Å². The van der Waals surface area contributed by atoms with E-state index in [0.717, 1.165) is 0 Å². The van der Waals surface area contributed by atoms with Gasteiger partial charge < -0.3 is 24.6 Å². The number of benzene rings is 1. The van der Waals surface area contributed by atoms with Gasteiger partial charge in [0, 0.05) is 11.8 Å². The minimum atomic E-state index is -0.812. The summed E-state index contributed by atoms with van der Waals surface area (Å²) < 4.78 is 15.9. The first-order chi connectivity index (χ1) is 9.23. The molecule has 2 N–H and O–H groups in total. The number of nitrogens with one attached hydrogen (secondary N) is 1. The molecule has 19 heavy (non-hydrogen) atoms. The van der Waals surface area contributed by atoms with Gasteiger partial charge in [-0.2, -0.15) is 0 Å². The third-order valence-electron chi connectivity index (χ3n) is 3.34. The normalized spacial score (nSPS) is 19.4. The summed E-state index contributed by atoms with van der Waals surface area (Å²) in [6.07, 6.45) is 0. The van der Waals surface area contributed by atoms with E-state index < -0.39 is 5.41 Å². The topological polar surface area (TPSA) is 77.0 Å². The van der Waals surface area contributed by atoms with Crippen LogP contribution in [0.1, 0.15) is 0 Å². The lowest BCUT2D eigenvalue weighted by molar-refractivity contribution is -0.164. The molecule has 0 bridgehead atoms. The minimum Gasteiger partial charge on any atom is -0.486 e. The molecule has 0 aliphatic carbocycles. The number of ether oxygens (including phenoxy) is 3. The predicted octanol–water partition coefficient (Wildman–Crippen LogP) is 0.405. The van der Waals surface area contributed by atoms with Crippen LogP contribution in [0.15, 0.2) is 18.2 Å². The second kappa shape index (κ2) is 4.71. The summed E-state index contributed by atoms with van der Waals surface area (Å²) in [6.45, 7) is 1.31. The van der Waals surface area contributed by atoms with Crippen LogP contribution in [-0.2, 0) is 9.53 Å². The lowest BCUT2D eigenvalue weighted by Crippen LogP contribution is -2.54. The summed E-state index contributed by atoms with van der Waals surface area (Å²) in [5.74, 6) is 1.05. The molecule has 2 aliphatic heterocycles. The van der Waals surface area contributed by atoms with E-state index in [4.69, 9.17) is 14.2 Å². The predicted molar refractivity (Wildman–Crippen MR) is 66.4 cm³/mol. The number of amides is 1. The van der Waals surface area contributed by atoms with E-state index in [1.165, 1.54) is 0 Å². The quantitative estimate of drug-likeness (QED) is 0.827. The van der Waals surface area contributed by atoms with Gasteiger partial charge in [-0.1, -0.05) is 0 Å². The van der Waals surface area contributed by atoms with Crippen LogP contribution in [0.5, 0.6) is 11.5 Å². The standard InChI is InChI=1S/C13H15NO5/c15-6-13(7-17-8-13)12(16)14-9-1-2-10-11(5-9)19-4-3-18-10/h1-2,5,15H,3-4,6-8H2,(H,14,16). The molecule has 0 unspecified atom stereocenters. The van der Waals surface area contributed by atoms with Crippen LogP contribution in [0.25, 0.3) is 0 Å². The van der Waals surface area contributed by atoms with E-state index in [-0.39, 0.29) is 25.7 Å². The fraction of sp³-hybridized carbons (Fsp3) is 0.462. The number of aliphatic hydroxyl groups excluding tert-OH is 1. The maximum atomic E-state index is 12.1. The summed E-state index contributed by atoms with van der Waals surface area (Å²) in [4.78, 5) is 12.1. The largest absolute Gasteiger partial charge is 0.486 e. The number of fused-ring (bicyclic) bond motifs is 1. The van der Waals surface area contributed by atoms with Gasteiger partial charge in [0.1, 0.15) is 18.6 Å². The Morgan fingerprint density at radius 3 is 2.63 bits per heavy atom. The van der Waals surface area contributed by atoms with E-state index in [0.29, 0.717) is 30.4 Å². The molecule has 0 aromatic heterocycles. The van der Waals surface area contributed by atoms with Gasteiger partial charge in [0.15, 0.2) is 11.5 Å². The van der Waals surface area contributed by atoms with Crippen molar-refractivity contribution in [2.75, 3.05) is 38.4 Å². The monoisotopic (exact) mass is 265 g/mol. The van der Waals surface area contributed by atoms with E-state index in [1.54, 1.807) is 18.2 Å². The Bertz CT molecular complexity index is 492. The molecular weight excluding hydrogens is 250 g/mol. The highest BCUT2D eigenvalue weighted by molar-refractivity contribution is 5.96. The molecule has 0 spiro atoms. The molecule has 3 rings (SSSR count). The third kappa shape index (κ3) is 2.13. The molecule has 1 aromatic carbocycles. The van der Waals surface area contributed by atoms with Crippen molar-refractivity contribution < 1.29 is 24.1 Å². The van der Waals surface area contributed by atoms with Gasteiger partial charge in [0.25, 0.3) is 0 Å². The lowest BCUT2D eigenvalue weighted by Gasteiger charge is -2.38. The molecule has 0 saturated carbocycles. The molecule has 1 amide bonds. The van der Waals surface area contributed by atoms with Crippen LogP contribution in [0.3, 0.4) is 0 Å². The number of hydrogen-bond donors (Lipinski definition) is 2. The Morgan fingerprint density at radius 1 is 1.26 bits per heavy atom. The maximum absolute atomic E-state index is 12.1. The van der Waals surface area contributed by atoms with Gasteiger partial charge >= 0.3 is 0 Å². The summed E-state index contributed by atoms with van der Waals surface area (Å²) in [6, 6.07) is 5.22. The van der Waals surface area contributed by atoms with E-state index in [9.17, 15) is 9.90 Å². The van der Waals surface area contributed by atoms with E-state index >= 15 is 0 Å². The molecule has 1 saturated heterocycles. The first-order valence-corrected chi connectivity index (χ1v) is 6.13. The van der Waals surface area contributed by atoms with E-state index in [1.807, 2.05) is 0 Å². The molecule has 102 valence electrons. The van der Waals surface area contributed by atoms with Gasteiger partial charge in [0.05, 0.1) is 19.8 Å². The Labute approximate surface area is 110 Å². The lowest BCUT2D eigenvalue weighted by atomic mass is 9.86. The summed E-state index contributed by atoms with van der Waals surface area (Å²) in [5.41, 5.74) is -0.193. The van der Waals surface area contributed by atoms with Crippen molar-refractivity contribution in [1.82, 2.24) is 0 Å². The van der Waals surface area contributed by atoms with Gasteiger partial charge in [-0.15, -0.1) is 0 Å². The zero-order valence-electron chi connectivity index (χ0n) is 10.3. The summed E-state index contributed by atoms with van der Waals surface area (Å²) >= 11 is 0. The molecule has 1 aromatic rings. The van der Waals surface area contributed by atoms with Crippen LogP contribution in [0, 0.1) is 5.41 Å². The van der Waals surface area contributed by atoms with Crippen LogP contribution in [0.2, 0.25) is 0 Å². The number of rotatable bonds is 3. The zero-order valence-corrected chi connectivity index (χ0v) is 10.3. The average Bonchev–Trinajstić information content (AvgIpc) is 2.38. The average molecular weight is 265 g/mol. The Kier molecular flexibility index (Phi) is 3.04. The molecular formula is C13H15NO5. The molecule has 6 nitrogen and oxygen atoms in total. The van der Waals surface area contributed by atoms with Crippen molar-refractivity contribution in [2.24, 2.45) is 5.41 Å². The van der Waals surface area contributed by atoms with Gasteiger partial charge in [-0.05, 0) is 12.1 Å². The van der Waals surface area contributed by atoms with Crippen LogP contribution >= 0.6 is 0 Å². The number of carbonyl (C=O) groups is 1. The second-order valence-corrected chi connectivity index (χ2v) is 4.74. The molecule has 6 heteroatoms. The van der Waals surface area contributed by atoms with Crippen LogP contribution < -0.4 is 14.8 Å². The van der Waals surface area contributed by atoms with Crippen molar-refractivity contribution in [1.29, 1.82) is 0 Å². The molecule has 1 fully saturated rings. The fourth-order valence-electron chi connectivity index (χ4n) is 2.03. The molecule has 2 heterocycles. The number of aliphatic hydroxyl groups is 1. The first kappa shape index (κ1) is 12.3. The van der Waals surface area contributed by atoms with Crippen molar-refractivity contribution >= 4 is 11.6 Å². The number of hydrogen-bond acceptors (Lipinski definition) is 5. The molecule has 0 atom stereocenters. The number of carbonyl (C=O) groups excluding carboxylic acids is 1. The summed E-state index contributed by atoms with van der Waals surface area (Å²) in [5, 5.41) is 12.1. The Morgan fingerprint density at radius 2 is 2.00 bits per heavy atom. The first-order valence-electron chi connectivity index (χ1n) is 6.13. The Balaban J connectivity index is 1.74. The maximum Gasteiger partial charge on any atom is 0.237 e. The highest BCUT2D eigenvalue weighted by atomic mass is 16.6. The van der Waals surface area contributed by atoms with Crippen LogP contribution in [0.4, 0.5) is 5.69 Å². The highest BCUT2D eigenvalue weighted by Crippen LogP contribution is 2.34. The molecule has 0 radical (unpaired) electrons. The van der Waals surface area contributed by atoms with Crippen molar-refractivity contribution in [3.05, 3.63) is 18.2 Å². The minimum absolute atomic E-state index is 0.219. The fourth-order valence-corrected chi connectivity index (χ4v) is 2.03. The number of anilines is 1. The zero-order chi connectivity index (χ0) is 13.3. The smallest absolute Gasteiger partial charge is 0.237 e. The van der Waals surface area contributed by atoms with Gasteiger partial charge in [-0.3, -0.25) is 4.79 Å². The Hall–Kier alpha value is -1.79. The van der Waals surface area contributed by atoms with Crippen molar-refractivity contribution in [2.45, 2.75) is 0 Å². The van der Waals surface area contributed by atoms with Crippen molar-refractivity contribution in [3.8, 4) is 11.5 Å². The van der Waals surface area contributed by atoms with Crippen LogP contribution in [-0.4, -0.2) is 44.0 Å². The van der Waals surface area contributed by atoms with Gasteiger partial charge in [0.2, 0.25) is 5.91 Å². The SMILES string of the molecule is O=C(Nc1ccc2c(c1)OCCO2)C1(CO)COC1. The molecule has 2 aliphatic rings.